The zero-order chi connectivity index (χ0) is 49.5. The Morgan fingerprint density at radius 3 is 1.13 bits per heavy atom. The van der Waals surface area contributed by atoms with Crippen LogP contribution in [-0.4, -0.2) is 49.3 Å². The van der Waals surface area contributed by atoms with E-state index in [0.717, 1.165) is 57.8 Å². The fourth-order valence-electron chi connectivity index (χ4n) is 8.47. The van der Waals surface area contributed by atoms with E-state index >= 15 is 0 Å². The minimum atomic E-state index is -4.39. The first-order chi connectivity index (χ1) is 33.3. The van der Waals surface area contributed by atoms with E-state index in [1.165, 1.54) is 199 Å². The van der Waals surface area contributed by atoms with Crippen LogP contribution in [0.2, 0.25) is 0 Å². The Morgan fingerprint density at radius 1 is 0.441 bits per heavy atom. The van der Waals surface area contributed by atoms with Gasteiger partial charge in [-0.15, -0.1) is 0 Å². The molecular weight excluding hydrogens is 870 g/mol. The molecule has 0 amide bonds. The van der Waals surface area contributed by atoms with Crippen LogP contribution in [0, 0.1) is 0 Å². The van der Waals surface area contributed by atoms with Crippen molar-refractivity contribution in [2.45, 2.75) is 296 Å². The molecule has 0 saturated heterocycles. The zero-order valence-corrected chi connectivity index (χ0v) is 45.5. The second-order valence-corrected chi connectivity index (χ2v) is 21.0. The zero-order valence-electron chi connectivity index (χ0n) is 44.6. The van der Waals surface area contributed by atoms with Gasteiger partial charge in [0, 0.05) is 19.4 Å². The quantitative estimate of drug-likeness (QED) is 0.0264. The maximum Gasteiger partial charge on any atom is 0.472 e. The van der Waals surface area contributed by atoms with E-state index < -0.39 is 26.5 Å². The Morgan fingerprint density at radius 2 is 0.765 bits per heavy atom. The van der Waals surface area contributed by atoms with Gasteiger partial charge < -0.3 is 20.1 Å². The third kappa shape index (κ3) is 53.6. The Labute approximate surface area is 420 Å². The van der Waals surface area contributed by atoms with Crippen molar-refractivity contribution in [2.24, 2.45) is 5.73 Å². The number of rotatable bonds is 55. The fraction of sp³-hybridized carbons (Fsp3) is 0.862. The summed E-state index contributed by atoms with van der Waals surface area (Å²) in [5.74, 6) is -0.822. The number of phosphoric acid groups is 1. The molecule has 9 nitrogen and oxygen atoms in total. The number of hydrogen-bond acceptors (Lipinski definition) is 8. The predicted octanol–water partition coefficient (Wildman–Crippen LogP) is 18.0. The highest BCUT2D eigenvalue weighted by Crippen LogP contribution is 2.43. The van der Waals surface area contributed by atoms with Crippen molar-refractivity contribution in [3.05, 3.63) is 36.5 Å². The van der Waals surface area contributed by atoms with Gasteiger partial charge in [0.05, 0.1) is 13.2 Å². The Balaban J connectivity index is 3.97. The predicted molar refractivity (Wildman–Crippen MR) is 289 cm³/mol. The summed E-state index contributed by atoms with van der Waals surface area (Å²) in [4.78, 5) is 35.2. The lowest BCUT2D eigenvalue weighted by molar-refractivity contribution is -0.161. The lowest BCUT2D eigenvalue weighted by Crippen LogP contribution is -2.29. The van der Waals surface area contributed by atoms with Crippen molar-refractivity contribution in [1.82, 2.24) is 0 Å². The van der Waals surface area contributed by atoms with E-state index in [2.05, 4.69) is 50.3 Å². The number of ether oxygens (including phenoxy) is 2. The first-order valence-corrected chi connectivity index (χ1v) is 30.5. The molecule has 2 unspecified atom stereocenters. The van der Waals surface area contributed by atoms with Crippen LogP contribution in [0.1, 0.15) is 290 Å². The Bertz CT molecular complexity index is 1210. The van der Waals surface area contributed by atoms with Crippen molar-refractivity contribution in [3.63, 3.8) is 0 Å². The Kier molecular flexibility index (Phi) is 53.1. The van der Waals surface area contributed by atoms with Gasteiger partial charge in [-0.25, -0.2) is 4.57 Å². The topological polar surface area (TPSA) is 134 Å². The summed E-state index contributed by atoms with van der Waals surface area (Å²) in [5, 5.41) is 0. The number of esters is 2. The van der Waals surface area contributed by atoms with Gasteiger partial charge in [-0.2, -0.15) is 0 Å². The Hall–Kier alpha value is -1.77. The van der Waals surface area contributed by atoms with Gasteiger partial charge in [-0.1, -0.05) is 262 Å². The average Bonchev–Trinajstić information content (AvgIpc) is 3.33. The van der Waals surface area contributed by atoms with Crippen molar-refractivity contribution in [2.75, 3.05) is 26.4 Å². The summed E-state index contributed by atoms with van der Waals surface area (Å²) in [5.41, 5.74) is 5.38. The summed E-state index contributed by atoms with van der Waals surface area (Å²) >= 11 is 0. The molecule has 0 fully saturated rings. The highest BCUT2D eigenvalue weighted by atomic mass is 31.2. The molecule has 400 valence electrons. The van der Waals surface area contributed by atoms with Gasteiger partial charge in [0.1, 0.15) is 6.61 Å². The van der Waals surface area contributed by atoms with E-state index in [1.807, 2.05) is 0 Å². The molecule has 0 aliphatic carbocycles. The van der Waals surface area contributed by atoms with E-state index in [-0.39, 0.29) is 38.6 Å². The van der Waals surface area contributed by atoms with Crippen LogP contribution >= 0.6 is 7.82 Å². The van der Waals surface area contributed by atoms with Crippen molar-refractivity contribution >= 4 is 19.8 Å². The SMILES string of the molecule is CCCCCCC/C=C\C/C=C\C/C=C\CCCCCCCCCCC(=O)OC(COC(=O)CCCCCCCCCCCCCCCCCCCCCCCCCC)COP(=O)(O)OCCN. The van der Waals surface area contributed by atoms with E-state index in [0.29, 0.717) is 6.42 Å². The monoisotopic (exact) mass is 980 g/mol. The van der Waals surface area contributed by atoms with Crippen LogP contribution in [0.15, 0.2) is 36.5 Å². The first kappa shape index (κ1) is 66.2. The summed E-state index contributed by atoms with van der Waals surface area (Å²) in [6.45, 7) is 3.77. The molecule has 0 aliphatic heterocycles. The molecular formula is C58H110NO8P. The second-order valence-electron chi connectivity index (χ2n) is 19.5. The van der Waals surface area contributed by atoms with Crippen LogP contribution < -0.4 is 5.73 Å². The van der Waals surface area contributed by atoms with Gasteiger partial charge in [0.15, 0.2) is 6.10 Å². The molecule has 0 saturated carbocycles. The molecule has 0 aromatic heterocycles. The molecule has 0 spiro atoms. The normalized spacial score (nSPS) is 13.3. The minimum absolute atomic E-state index is 0.0530. The third-order valence-electron chi connectivity index (χ3n) is 12.8. The molecule has 3 N–H and O–H groups in total. The number of allylic oxidation sites excluding steroid dienone is 6. The van der Waals surface area contributed by atoms with E-state index in [1.54, 1.807) is 0 Å². The molecule has 0 aliphatic rings. The van der Waals surface area contributed by atoms with Crippen LogP contribution in [0.5, 0.6) is 0 Å². The summed E-state index contributed by atoms with van der Waals surface area (Å²) in [6.07, 6.45) is 64.8. The molecule has 0 aromatic rings. The summed E-state index contributed by atoms with van der Waals surface area (Å²) < 4.78 is 33.0. The van der Waals surface area contributed by atoms with Crippen LogP contribution in [0.25, 0.3) is 0 Å². The second kappa shape index (κ2) is 54.6. The number of nitrogens with two attached hydrogens (primary N) is 1. The number of phosphoric ester groups is 1. The van der Waals surface area contributed by atoms with Gasteiger partial charge in [0.2, 0.25) is 0 Å². The highest BCUT2D eigenvalue weighted by Gasteiger charge is 2.26. The summed E-state index contributed by atoms with van der Waals surface area (Å²) in [6, 6.07) is 0. The number of unbranched alkanes of at least 4 members (excludes halogenated alkanes) is 36. The minimum Gasteiger partial charge on any atom is -0.462 e. The van der Waals surface area contributed by atoms with Crippen LogP contribution in [0.3, 0.4) is 0 Å². The third-order valence-corrected chi connectivity index (χ3v) is 13.8. The summed E-state index contributed by atoms with van der Waals surface area (Å²) in [7, 11) is -4.39. The molecule has 2 atom stereocenters. The fourth-order valence-corrected chi connectivity index (χ4v) is 9.23. The average molecular weight is 980 g/mol. The maximum absolute atomic E-state index is 12.7. The first-order valence-electron chi connectivity index (χ1n) is 29.0. The smallest absolute Gasteiger partial charge is 0.462 e. The molecule has 0 rings (SSSR count). The van der Waals surface area contributed by atoms with Gasteiger partial charge in [-0.05, 0) is 51.4 Å². The van der Waals surface area contributed by atoms with Crippen molar-refractivity contribution in [1.29, 1.82) is 0 Å². The van der Waals surface area contributed by atoms with Crippen molar-refractivity contribution in [3.8, 4) is 0 Å². The standard InChI is InChI=1S/C58H110NO8P/c1-3-5-7-9-11-13-15-17-19-21-23-25-27-29-30-32-34-36-38-40-42-44-46-48-50-57(60)64-54-56(55-66-68(62,63)65-53-52-59)67-58(61)51-49-47-45-43-41-39-37-35-33-31-28-26-24-22-20-18-16-14-12-10-8-6-4-2/h16,18,22,24,28,31,56H,3-15,17,19-21,23,25-27,29-30,32-55,59H2,1-2H3,(H,62,63)/b18-16-,24-22-,31-28-. The molecule has 0 aromatic carbocycles. The highest BCUT2D eigenvalue weighted by molar-refractivity contribution is 7.47. The van der Waals surface area contributed by atoms with Gasteiger partial charge in [0.25, 0.3) is 0 Å². The van der Waals surface area contributed by atoms with E-state index in [9.17, 15) is 19.0 Å². The molecule has 0 heterocycles. The molecule has 10 heteroatoms. The van der Waals surface area contributed by atoms with Gasteiger partial charge in [-0.3, -0.25) is 18.6 Å². The maximum atomic E-state index is 12.7. The number of hydrogen-bond donors (Lipinski definition) is 2. The molecule has 68 heavy (non-hydrogen) atoms. The van der Waals surface area contributed by atoms with Crippen LogP contribution in [-0.2, 0) is 32.7 Å². The van der Waals surface area contributed by atoms with Crippen molar-refractivity contribution < 1.29 is 37.6 Å². The van der Waals surface area contributed by atoms with E-state index in [4.69, 9.17) is 24.3 Å². The number of carbonyl (C=O) groups excluding carboxylic acids is 2. The number of carbonyl (C=O) groups is 2. The van der Waals surface area contributed by atoms with Crippen LogP contribution in [0.4, 0.5) is 0 Å². The lowest BCUT2D eigenvalue weighted by Gasteiger charge is -2.19. The lowest BCUT2D eigenvalue weighted by atomic mass is 10.0. The molecule has 0 radical (unpaired) electrons. The molecule has 0 bridgehead atoms. The van der Waals surface area contributed by atoms with Gasteiger partial charge >= 0.3 is 19.8 Å². The largest absolute Gasteiger partial charge is 0.472 e.